The van der Waals surface area contributed by atoms with E-state index in [1.165, 1.54) is 17.8 Å². The second-order valence-corrected chi connectivity index (χ2v) is 5.95. The number of hydrogen-bond acceptors (Lipinski definition) is 6. The highest BCUT2D eigenvalue weighted by molar-refractivity contribution is 7.16. The van der Waals surface area contributed by atoms with Gasteiger partial charge in [-0.15, -0.1) is 11.3 Å². The van der Waals surface area contributed by atoms with Gasteiger partial charge in [0.2, 0.25) is 0 Å². The fourth-order valence-electron chi connectivity index (χ4n) is 2.74. The standard InChI is InChI=1S/C13H16N4O2S/c1-16(7-9-3-2-6-14-9)10-4-5-11-12(15-8-20-11)13(10)17(18)19/h4-5,8-9,14H,2-3,6-7H2,1H3. The number of aromatic nitrogens is 1. The van der Waals surface area contributed by atoms with Gasteiger partial charge < -0.3 is 10.2 Å². The maximum atomic E-state index is 11.4. The number of nitrogens with zero attached hydrogens (tertiary/aromatic N) is 3. The van der Waals surface area contributed by atoms with E-state index < -0.39 is 0 Å². The van der Waals surface area contributed by atoms with Crippen molar-refractivity contribution in [2.45, 2.75) is 18.9 Å². The summed E-state index contributed by atoms with van der Waals surface area (Å²) in [7, 11) is 1.90. The Balaban J connectivity index is 1.96. The van der Waals surface area contributed by atoms with Crippen LogP contribution in [0.2, 0.25) is 0 Å². The van der Waals surface area contributed by atoms with Gasteiger partial charge in [0.1, 0.15) is 5.69 Å². The third-order valence-corrected chi connectivity index (χ3v) is 4.50. The van der Waals surface area contributed by atoms with Gasteiger partial charge in [0.25, 0.3) is 0 Å². The first-order chi connectivity index (χ1) is 9.66. The minimum atomic E-state index is -0.323. The zero-order valence-corrected chi connectivity index (χ0v) is 12.0. The van der Waals surface area contributed by atoms with E-state index in [1.54, 1.807) is 5.51 Å². The molecule has 2 aromatic rings. The Morgan fingerprint density at radius 2 is 2.45 bits per heavy atom. The van der Waals surface area contributed by atoms with E-state index in [-0.39, 0.29) is 10.6 Å². The van der Waals surface area contributed by atoms with Crippen LogP contribution < -0.4 is 10.2 Å². The number of nitro benzene ring substituents is 1. The third-order valence-electron chi connectivity index (χ3n) is 3.70. The van der Waals surface area contributed by atoms with Crippen LogP contribution in [0.25, 0.3) is 10.2 Å². The molecule has 6 nitrogen and oxygen atoms in total. The van der Waals surface area contributed by atoms with Crippen molar-refractivity contribution < 1.29 is 4.92 Å². The SMILES string of the molecule is CN(CC1CCCN1)c1ccc2scnc2c1[N+](=O)[O-]. The second-order valence-electron chi connectivity index (χ2n) is 5.06. The highest BCUT2D eigenvalue weighted by Crippen LogP contribution is 2.36. The summed E-state index contributed by atoms with van der Waals surface area (Å²) in [6.45, 7) is 1.81. The lowest BCUT2D eigenvalue weighted by atomic mass is 10.2. The molecular formula is C13H16N4O2S. The van der Waals surface area contributed by atoms with Crippen molar-refractivity contribution in [3.8, 4) is 0 Å². The molecule has 20 heavy (non-hydrogen) atoms. The summed E-state index contributed by atoms with van der Waals surface area (Å²) in [5, 5.41) is 14.8. The summed E-state index contributed by atoms with van der Waals surface area (Å²) in [5.74, 6) is 0. The molecule has 0 aliphatic carbocycles. The molecule has 1 saturated heterocycles. The number of anilines is 1. The summed E-state index contributed by atoms with van der Waals surface area (Å²) in [6.07, 6.45) is 2.29. The van der Waals surface area contributed by atoms with E-state index >= 15 is 0 Å². The maximum Gasteiger partial charge on any atom is 0.319 e. The largest absolute Gasteiger partial charge is 0.367 e. The molecule has 106 valence electrons. The highest BCUT2D eigenvalue weighted by atomic mass is 32.1. The van der Waals surface area contributed by atoms with E-state index in [9.17, 15) is 10.1 Å². The molecule has 2 heterocycles. The average molecular weight is 292 g/mol. The first kappa shape index (κ1) is 13.3. The quantitative estimate of drug-likeness (QED) is 0.692. The Labute approximate surface area is 120 Å². The van der Waals surface area contributed by atoms with Gasteiger partial charge in [-0.05, 0) is 31.5 Å². The van der Waals surface area contributed by atoms with Crippen molar-refractivity contribution in [3.63, 3.8) is 0 Å². The molecule has 1 aliphatic rings. The van der Waals surface area contributed by atoms with E-state index in [0.29, 0.717) is 17.2 Å². The number of nitro groups is 1. The zero-order chi connectivity index (χ0) is 14.1. The van der Waals surface area contributed by atoms with Crippen LogP contribution in [0.15, 0.2) is 17.6 Å². The molecule has 1 unspecified atom stereocenters. The predicted molar refractivity (Wildman–Crippen MR) is 80.6 cm³/mol. The fourth-order valence-corrected chi connectivity index (χ4v) is 3.41. The number of rotatable bonds is 4. The molecule has 0 spiro atoms. The Morgan fingerprint density at radius 3 is 3.15 bits per heavy atom. The Hall–Kier alpha value is -1.73. The van der Waals surface area contributed by atoms with Gasteiger partial charge in [-0.3, -0.25) is 10.1 Å². The fraction of sp³-hybridized carbons (Fsp3) is 0.462. The van der Waals surface area contributed by atoms with Crippen molar-refractivity contribution in [1.82, 2.24) is 10.3 Å². The first-order valence-corrected chi connectivity index (χ1v) is 7.50. The van der Waals surface area contributed by atoms with E-state index in [4.69, 9.17) is 0 Å². The van der Waals surface area contributed by atoms with Crippen molar-refractivity contribution in [2.75, 3.05) is 25.0 Å². The van der Waals surface area contributed by atoms with Crippen LogP contribution in [0.3, 0.4) is 0 Å². The molecule has 0 amide bonds. The predicted octanol–water partition coefficient (Wildman–Crippen LogP) is 2.39. The molecule has 3 rings (SSSR count). The molecule has 7 heteroatoms. The van der Waals surface area contributed by atoms with Gasteiger partial charge in [-0.25, -0.2) is 4.98 Å². The molecule has 0 bridgehead atoms. The number of benzene rings is 1. The number of thiazole rings is 1. The number of fused-ring (bicyclic) bond motifs is 1. The van der Waals surface area contributed by atoms with Gasteiger partial charge in [0.15, 0.2) is 5.52 Å². The van der Waals surface area contributed by atoms with E-state index in [2.05, 4.69) is 10.3 Å². The minimum absolute atomic E-state index is 0.115. The molecule has 1 aromatic heterocycles. The van der Waals surface area contributed by atoms with Gasteiger partial charge in [0.05, 0.1) is 15.1 Å². The topological polar surface area (TPSA) is 71.3 Å². The molecular weight excluding hydrogens is 276 g/mol. The summed E-state index contributed by atoms with van der Waals surface area (Å²) >= 11 is 1.43. The van der Waals surface area contributed by atoms with Crippen LogP contribution in [0.5, 0.6) is 0 Å². The summed E-state index contributed by atoms with van der Waals surface area (Å²) < 4.78 is 0.854. The molecule has 0 saturated carbocycles. The van der Waals surface area contributed by atoms with Crippen molar-refractivity contribution in [1.29, 1.82) is 0 Å². The summed E-state index contributed by atoms with van der Waals surface area (Å²) in [6, 6.07) is 4.15. The number of nitrogens with one attached hydrogen (secondary N) is 1. The van der Waals surface area contributed by atoms with E-state index in [1.807, 2.05) is 24.1 Å². The van der Waals surface area contributed by atoms with Gasteiger partial charge in [-0.1, -0.05) is 0 Å². The molecule has 1 N–H and O–H groups in total. The Kier molecular flexibility index (Phi) is 3.54. The van der Waals surface area contributed by atoms with Gasteiger partial charge >= 0.3 is 5.69 Å². The number of hydrogen-bond donors (Lipinski definition) is 1. The summed E-state index contributed by atoms with van der Waals surface area (Å²) in [4.78, 5) is 17.2. The molecule has 1 aliphatic heterocycles. The lowest BCUT2D eigenvalue weighted by Crippen LogP contribution is -2.35. The van der Waals surface area contributed by atoms with Crippen LogP contribution in [0.1, 0.15) is 12.8 Å². The van der Waals surface area contributed by atoms with Gasteiger partial charge in [-0.2, -0.15) is 0 Å². The van der Waals surface area contributed by atoms with Crippen LogP contribution in [-0.4, -0.2) is 36.1 Å². The Morgan fingerprint density at radius 1 is 1.60 bits per heavy atom. The minimum Gasteiger partial charge on any atom is -0.367 e. The molecule has 1 atom stereocenters. The van der Waals surface area contributed by atoms with Crippen LogP contribution in [-0.2, 0) is 0 Å². The van der Waals surface area contributed by atoms with Crippen LogP contribution >= 0.6 is 11.3 Å². The molecule has 1 fully saturated rings. The second kappa shape index (κ2) is 5.34. The monoisotopic (exact) mass is 292 g/mol. The smallest absolute Gasteiger partial charge is 0.319 e. The third kappa shape index (κ3) is 2.34. The molecule has 0 radical (unpaired) electrons. The van der Waals surface area contributed by atoms with Gasteiger partial charge in [0, 0.05) is 19.6 Å². The normalized spacial score (nSPS) is 18.6. The van der Waals surface area contributed by atoms with Crippen molar-refractivity contribution in [2.24, 2.45) is 0 Å². The lowest BCUT2D eigenvalue weighted by molar-refractivity contribution is -0.382. The van der Waals surface area contributed by atoms with Crippen LogP contribution in [0.4, 0.5) is 11.4 Å². The summed E-state index contributed by atoms with van der Waals surface area (Å²) in [5.41, 5.74) is 2.90. The van der Waals surface area contributed by atoms with Crippen molar-refractivity contribution >= 4 is 32.9 Å². The first-order valence-electron chi connectivity index (χ1n) is 6.62. The van der Waals surface area contributed by atoms with Crippen LogP contribution in [0, 0.1) is 10.1 Å². The average Bonchev–Trinajstić information content (AvgIpc) is 3.06. The van der Waals surface area contributed by atoms with Crippen molar-refractivity contribution in [3.05, 3.63) is 27.8 Å². The highest BCUT2D eigenvalue weighted by Gasteiger charge is 2.25. The Bertz CT molecular complexity index is 636. The number of likely N-dealkylation sites (N-methyl/N-ethyl adjacent to an activating group) is 1. The van der Waals surface area contributed by atoms with E-state index in [0.717, 1.165) is 24.2 Å². The maximum absolute atomic E-state index is 11.4. The zero-order valence-electron chi connectivity index (χ0n) is 11.2. The lowest BCUT2D eigenvalue weighted by Gasteiger charge is -2.23. The molecule has 1 aromatic carbocycles.